The SMILES string of the molecule is CC[C@H]1Oc2cc(S(=O)(=O)N3CCC[C@H](C(=O)Nc4ccc(F)cc4)C3)c(C)cc2NC1=O. The van der Waals surface area contributed by atoms with Crippen LogP contribution >= 0.6 is 0 Å². The Kier molecular flexibility index (Phi) is 6.40. The molecule has 1 fully saturated rings. The summed E-state index contributed by atoms with van der Waals surface area (Å²) in [5, 5.41) is 5.49. The molecular weight excluding hydrogens is 449 g/mol. The number of hydrogen-bond donors (Lipinski definition) is 2. The van der Waals surface area contributed by atoms with Crippen molar-refractivity contribution in [1.82, 2.24) is 4.31 Å². The van der Waals surface area contributed by atoms with Gasteiger partial charge in [0.1, 0.15) is 11.6 Å². The zero-order valence-corrected chi connectivity index (χ0v) is 19.2. The smallest absolute Gasteiger partial charge is 0.265 e. The second-order valence-corrected chi connectivity index (χ2v) is 10.2. The van der Waals surface area contributed by atoms with E-state index in [2.05, 4.69) is 10.6 Å². The van der Waals surface area contributed by atoms with Crippen molar-refractivity contribution in [2.75, 3.05) is 23.7 Å². The zero-order valence-electron chi connectivity index (χ0n) is 18.4. The number of aryl methyl sites for hydroxylation is 1. The molecule has 2 aliphatic rings. The van der Waals surface area contributed by atoms with Crippen molar-refractivity contribution >= 4 is 33.2 Å². The Balaban J connectivity index is 1.54. The molecule has 8 nitrogen and oxygen atoms in total. The highest BCUT2D eigenvalue weighted by molar-refractivity contribution is 7.89. The van der Waals surface area contributed by atoms with Gasteiger partial charge in [-0.1, -0.05) is 6.92 Å². The van der Waals surface area contributed by atoms with Gasteiger partial charge in [-0.2, -0.15) is 4.31 Å². The van der Waals surface area contributed by atoms with Crippen LogP contribution in [0.2, 0.25) is 0 Å². The van der Waals surface area contributed by atoms with Crippen molar-refractivity contribution in [2.24, 2.45) is 5.92 Å². The summed E-state index contributed by atoms with van der Waals surface area (Å²) >= 11 is 0. The molecule has 0 aliphatic carbocycles. The first-order valence-corrected chi connectivity index (χ1v) is 12.3. The van der Waals surface area contributed by atoms with Gasteiger partial charge in [0, 0.05) is 24.8 Å². The van der Waals surface area contributed by atoms with Crippen LogP contribution in [0.15, 0.2) is 41.3 Å². The van der Waals surface area contributed by atoms with Crippen LogP contribution in [0.3, 0.4) is 0 Å². The highest BCUT2D eigenvalue weighted by Gasteiger charge is 2.36. The van der Waals surface area contributed by atoms with Crippen LogP contribution in [0, 0.1) is 18.7 Å². The van der Waals surface area contributed by atoms with Gasteiger partial charge in [0.25, 0.3) is 5.91 Å². The Morgan fingerprint density at radius 3 is 2.70 bits per heavy atom. The molecule has 0 radical (unpaired) electrons. The van der Waals surface area contributed by atoms with Crippen molar-refractivity contribution in [3.05, 3.63) is 47.8 Å². The van der Waals surface area contributed by atoms with Gasteiger partial charge in [0.05, 0.1) is 16.5 Å². The third kappa shape index (κ3) is 4.72. The summed E-state index contributed by atoms with van der Waals surface area (Å²) in [6.45, 7) is 3.81. The van der Waals surface area contributed by atoms with Crippen molar-refractivity contribution in [3.8, 4) is 5.75 Å². The molecular formula is C23H26FN3O5S. The number of rotatable bonds is 5. The first kappa shape index (κ1) is 23.2. The first-order chi connectivity index (χ1) is 15.7. The number of benzene rings is 2. The molecule has 2 amide bonds. The lowest BCUT2D eigenvalue weighted by molar-refractivity contribution is -0.123. The maximum absolute atomic E-state index is 13.5. The van der Waals surface area contributed by atoms with Gasteiger partial charge in [-0.15, -0.1) is 0 Å². The number of hydrogen-bond acceptors (Lipinski definition) is 5. The standard InChI is InChI=1S/C23H26FN3O5S/c1-3-19-23(29)26-18-11-14(2)21(12-20(18)32-19)33(30,31)27-10-4-5-15(13-27)22(28)25-17-8-6-16(24)7-9-17/h6-9,11-12,15,19H,3-5,10,13H2,1-2H3,(H,25,28)(H,26,29)/t15-,19+/m0/s1. The number of anilines is 2. The predicted octanol–water partition coefficient (Wildman–Crippen LogP) is 3.28. The molecule has 0 aromatic heterocycles. The lowest BCUT2D eigenvalue weighted by Gasteiger charge is -2.32. The maximum atomic E-state index is 13.5. The fraction of sp³-hybridized carbons (Fsp3) is 0.391. The third-order valence-electron chi connectivity index (χ3n) is 5.95. The van der Waals surface area contributed by atoms with E-state index in [-0.39, 0.29) is 23.3 Å². The number of nitrogens with one attached hydrogen (secondary N) is 2. The molecule has 2 atom stereocenters. The number of carbonyl (C=O) groups is 2. The van der Waals surface area contributed by atoms with Crippen molar-refractivity contribution in [2.45, 2.75) is 44.1 Å². The summed E-state index contributed by atoms with van der Waals surface area (Å²) in [5.74, 6) is -1.19. The van der Waals surface area contributed by atoms with E-state index in [1.165, 1.54) is 34.6 Å². The Bertz CT molecular complexity index is 1180. The van der Waals surface area contributed by atoms with Gasteiger partial charge in [-0.25, -0.2) is 12.8 Å². The third-order valence-corrected chi connectivity index (χ3v) is 7.96. The molecule has 2 heterocycles. The Hall–Kier alpha value is -2.98. The molecule has 2 aromatic rings. The van der Waals surface area contributed by atoms with E-state index in [4.69, 9.17) is 4.74 Å². The highest BCUT2D eigenvalue weighted by Crippen LogP contribution is 2.36. The molecule has 0 unspecified atom stereocenters. The fourth-order valence-corrected chi connectivity index (χ4v) is 5.87. The molecule has 2 aromatic carbocycles. The maximum Gasteiger partial charge on any atom is 0.265 e. The molecule has 2 N–H and O–H groups in total. The van der Waals surface area contributed by atoms with Gasteiger partial charge >= 0.3 is 0 Å². The van der Waals surface area contributed by atoms with Gasteiger partial charge in [0.2, 0.25) is 15.9 Å². The summed E-state index contributed by atoms with van der Waals surface area (Å²) in [5.41, 5.74) is 1.37. The minimum absolute atomic E-state index is 0.0427. The van der Waals surface area contributed by atoms with Crippen molar-refractivity contribution in [3.63, 3.8) is 0 Å². The van der Waals surface area contributed by atoms with E-state index in [1.807, 2.05) is 6.92 Å². The molecule has 176 valence electrons. The quantitative estimate of drug-likeness (QED) is 0.691. The van der Waals surface area contributed by atoms with E-state index in [1.54, 1.807) is 13.0 Å². The minimum Gasteiger partial charge on any atom is -0.478 e. The molecule has 0 spiro atoms. The van der Waals surface area contributed by atoms with Crippen LogP contribution in [0.5, 0.6) is 5.75 Å². The molecule has 0 bridgehead atoms. The monoisotopic (exact) mass is 475 g/mol. The fourth-order valence-electron chi connectivity index (χ4n) is 4.12. The van der Waals surface area contributed by atoms with Crippen LogP contribution in [-0.4, -0.2) is 43.7 Å². The van der Waals surface area contributed by atoms with E-state index in [0.29, 0.717) is 48.5 Å². The molecule has 1 saturated heterocycles. The Morgan fingerprint density at radius 1 is 1.27 bits per heavy atom. The Morgan fingerprint density at radius 2 is 2.00 bits per heavy atom. The van der Waals surface area contributed by atoms with E-state index in [9.17, 15) is 22.4 Å². The van der Waals surface area contributed by atoms with Crippen LogP contribution in [0.4, 0.5) is 15.8 Å². The minimum atomic E-state index is -3.90. The average molecular weight is 476 g/mol. The lowest BCUT2D eigenvalue weighted by atomic mass is 9.99. The summed E-state index contributed by atoms with van der Waals surface area (Å²) in [6.07, 6.45) is 0.869. The van der Waals surface area contributed by atoms with Crippen molar-refractivity contribution < 1.29 is 27.1 Å². The normalized spacial score (nSPS) is 21.0. The molecule has 0 saturated carbocycles. The number of nitrogens with zero attached hydrogens (tertiary/aromatic N) is 1. The average Bonchev–Trinajstić information content (AvgIpc) is 2.79. The number of fused-ring (bicyclic) bond motifs is 1. The number of sulfonamides is 1. The summed E-state index contributed by atoms with van der Waals surface area (Å²) in [4.78, 5) is 24.9. The topological polar surface area (TPSA) is 105 Å². The summed E-state index contributed by atoms with van der Waals surface area (Å²) in [7, 11) is -3.90. The number of halogens is 1. The van der Waals surface area contributed by atoms with E-state index >= 15 is 0 Å². The molecule has 10 heteroatoms. The van der Waals surface area contributed by atoms with Crippen molar-refractivity contribution in [1.29, 1.82) is 0 Å². The number of carbonyl (C=O) groups excluding carboxylic acids is 2. The first-order valence-electron chi connectivity index (χ1n) is 10.9. The second kappa shape index (κ2) is 9.11. The van der Waals surface area contributed by atoms with Crippen LogP contribution < -0.4 is 15.4 Å². The number of piperidine rings is 1. The van der Waals surface area contributed by atoms with E-state index < -0.39 is 27.9 Å². The summed E-state index contributed by atoms with van der Waals surface area (Å²) < 4.78 is 47.1. The number of ether oxygens (including phenoxy) is 1. The second-order valence-electron chi connectivity index (χ2n) is 8.32. The lowest BCUT2D eigenvalue weighted by Crippen LogP contribution is -2.44. The largest absolute Gasteiger partial charge is 0.478 e. The van der Waals surface area contributed by atoms with E-state index in [0.717, 1.165) is 0 Å². The number of amides is 2. The Labute approximate surface area is 192 Å². The van der Waals surface area contributed by atoms with Crippen LogP contribution in [-0.2, 0) is 19.6 Å². The zero-order chi connectivity index (χ0) is 23.8. The van der Waals surface area contributed by atoms with Crippen LogP contribution in [0.1, 0.15) is 31.7 Å². The van der Waals surface area contributed by atoms with Gasteiger partial charge in [-0.05, 0) is 62.1 Å². The van der Waals surface area contributed by atoms with Crippen LogP contribution in [0.25, 0.3) is 0 Å². The molecule has 2 aliphatic heterocycles. The molecule has 4 rings (SSSR count). The summed E-state index contributed by atoms with van der Waals surface area (Å²) in [6, 6.07) is 8.46. The highest BCUT2D eigenvalue weighted by atomic mass is 32.2. The predicted molar refractivity (Wildman–Crippen MR) is 121 cm³/mol. The van der Waals surface area contributed by atoms with Gasteiger partial charge in [-0.3, -0.25) is 9.59 Å². The van der Waals surface area contributed by atoms with Gasteiger partial charge in [0.15, 0.2) is 6.10 Å². The van der Waals surface area contributed by atoms with Gasteiger partial charge < -0.3 is 15.4 Å². The molecule has 33 heavy (non-hydrogen) atoms.